The number of H-pyrrole nitrogens is 1. The number of anilines is 1. The van der Waals surface area contributed by atoms with Crippen LogP contribution in [0.4, 0.5) is 5.13 Å². The number of imidazole rings is 1. The molecule has 148 valence electrons. The van der Waals surface area contributed by atoms with Gasteiger partial charge in [-0.25, -0.2) is 9.97 Å². The van der Waals surface area contributed by atoms with Crippen molar-refractivity contribution in [3.8, 4) is 5.75 Å². The van der Waals surface area contributed by atoms with Crippen molar-refractivity contribution in [2.75, 3.05) is 45.2 Å². The lowest BCUT2D eigenvalue weighted by atomic mass is 10.3. The van der Waals surface area contributed by atoms with E-state index < -0.39 is 0 Å². The highest BCUT2D eigenvalue weighted by molar-refractivity contribution is 7.13. The summed E-state index contributed by atoms with van der Waals surface area (Å²) in [6, 6.07) is 5.85. The summed E-state index contributed by atoms with van der Waals surface area (Å²) in [6.45, 7) is 6.63. The molecule has 8 nitrogen and oxygen atoms in total. The normalized spacial score (nSPS) is 15.8. The van der Waals surface area contributed by atoms with Crippen LogP contribution in [-0.2, 0) is 11.3 Å². The van der Waals surface area contributed by atoms with Crippen molar-refractivity contribution in [2.45, 2.75) is 13.5 Å². The van der Waals surface area contributed by atoms with Crippen molar-refractivity contribution in [2.24, 2.45) is 0 Å². The number of aromatic amines is 1. The first-order valence-corrected chi connectivity index (χ1v) is 10.2. The number of hydrogen-bond acceptors (Lipinski definition) is 7. The van der Waals surface area contributed by atoms with Gasteiger partial charge in [0.1, 0.15) is 11.6 Å². The van der Waals surface area contributed by atoms with Crippen molar-refractivity contribution in [1.29, 1.82) is 0 Å². The predicted molar refractivity (Wildman–Crippen MR) is 110 cm³/mol. The number of thiazole rings is 1. The Morgan fingerprint density at radius 3 is 2.75 bits per heavy atom. The second kappa shape index (κ2) is 8.26. The topological polar surface area (TPSA) is 86.4 Å². The summed E-state index contributed by atoms with van der Waals surface area (Å²) in [6.07, 6.45) is 0. The predicted octanol–water partition coefficient (Wildman–Crippen LogP) is 2.09. The quantitative estimate of drug-likeness (QED) is 0.659. The molecule has 1 aliphatic rings. The molecule has 0 saturated carbocycles. The van der Waals surface area contributed by atoms with E-state index >= 15 is 0 Å². The van der Waals surface area contributed by atoms with Crippen molar-refractivity contribution < 1.29 is 9.53 Å². The summed E-state index contributed by atoms with van der Waals surface area (Å²) in [4.78, 5) is 29.0. The minimum atomic E-state index is -0.00553. The van der Waals surface area contributed by atoms with Crippen LogP contribution in [0.3, 0.4) is 0 Å². The Balaban J connectivity index is 1.26. The summed E-state index contributed by atoms with van der Waals surface area (Å²) in [7, 11) is 1.66. The maximum atomic E-state index is 12.2. The molecule has 2 N–H and O–H groups in total. The third-order valence-electron chi connectivity index (χ3n) is 4.81. The van der Waals surface area contributed by atoms with Crippen molar-refractivity contribution in [1.82, 2.24) is 24.8 Å². The van der Waals surface area contributed by atoms with E-state index in [0.717, 1.165) is 61.0 Å². The number of nitrogens with zero attached hydrogens (tertiary/aromatic N) is 4. The zero-order valence-electron chi connectivity index (χ0n) is 16.1. The molecule has 0 spiro atoms. The van der Waals surface area contributed by atoms with Crippen LogP contribution in [0, 0.1) is 6.92 Å². The number of rotatable bonds is 6. The number of nitrogens with one attached hydrogen (secondary N) is 2. The Labute approximate surface area is 167 Å². The third kappa shape index (κ3) is 4.49. The molecule has 0 aliphatic carbocycles. The zero-order valence-corrected chi connectivity index (χ0v) is 16.9. The van der Waals surface area contributed by atoms with Crippen molar-refractivity contribution in [3.05, 3.63) is 35.1 Å². The standard InChI is InChI=1S/C19H24N6O2S/c1-13-12-28-19(20-13)23-18(26)11-25-7-5-24(6-8-25)10-17-21-15-4-3-14(27-2)9-16(15)22-17/h3-4,9,12H,5-8,10-11H2,1-2H3,(H,21,22)(H,20,23,26). The maximum absolute atomic E-state index is 12.2. The molecular formula is C19H24N6O2S. The summed E-state index contributed by atoms with van der Waals surface area (Å²) in [5.41, 5.74) is 2.86. The van der Waals surface area contributed by atoms with Gasteiger partial charge in [0.15, 0.2) is 5.13 Å². The number of hydrogen-bond donors (Lipinski definition) is 2. The van der Waals surface area contributed by atoms with E-state index in [2.05, 4.69) is 30.1 Å². The number of carbonyl (C=O) groups is 1. The number of benzene rings is 1. The molecule has 1 aromatic carbocycles. The monoisotopic (exact) mass is 400 g/mol. The first-order chi connectivity index (χ1) is 13.6. The van der Waals surface area contributed by atoms with Crippen LogP contribution in [-0.4, -0.2) is 70.5 Å². The fraction of sp³-hybridized carbons (Fsp3) is 0.421. The average Bonchev–Trinajstić information content (AvgIpc) is 3.27. The van der Waals surface area contributed by atoms with Gasteiger partial charge in [0.05, 0.1) is 36.9 Å². The summed E-state index contributed by atoms with van der Waals surface area (Å²) >= 11 is 1.46. The van der Waals surface area contributed by atoms with E-state index in [1.165, 1.54) is 11.3 Å². The average molecular weight is 401 g/mol. The van der Waals surface area contributed by atoms with E-state index in [1.54, 1.807) is 7.11 Å². The zero-order chi connectivity index (χ0) is 19.5. The van der Waals surface area contributed by atoms with Gasteiger partial charge in [-0.2, -0.15) is 0 Å². The summed E-state index contributed by atoms with van der Waals surface area (Å²) < 4.78 is 5.26. The van der Waals surface area contributed by atoms with Gasteiger partial charge in [0, 0.05) is 37.6 Å². The molecule has 0 radical (unpaired) electrons. The highest BCUT2D eigenvalue weighted by Crippen LogP contribution is 2.19. The van der Waals surface area contributed by atoms with Crippen molar-refractivity contribution in [3.63, 3.8) is 0 Å². The second-order valence-corrected chi connectivity index (χ2v) is 7.82. The third-order valence-corrected chi connectivity index (χ3v) is 5.68. The number of piperazine rings is 1. The van der Waals surface area contributed by atoms with Crippen LogP contribution in [0.25, 0.3) is 11.0 Å². The Hall–Kier alpha value is -2.49. The SMILES string of the molecule is COc1ccc2nc(CN3CCN(CC(=O)Nc4nc(C)cs4)CC3)[nH]c2c1. The van der Waals surface area contributed by atoms with Gasteiger partial charge in [-0.05, 0) is 19.1 Å². The number of carbonyl (C=O) groups excluding carboxylic acids is 1. The van der Waals surface area contributed by atoms with E-state index in [9.17, 15) is 4.79 Å². The van der Waals surface area contributed by atoms with E-state index in [-0.39, 0.29) is 5.91 Å². The van der Waals surface area contributed by atoms with Gasteiger partial charge in [-0.15, -0.1) is 11.3 Å². The first kappa shape index (κ1) is 18.9. The molecule has 9 heteroatoms. The number of aromatic nitrogens is 3. The van der Waals surface area contributed by atoms with Crippen LogP contribution < -0.4 is 10.1 Å². The van der Waals surface area contributed by atoms with Crippen LogP contribution >= 0.6 is 11.3 Å². The first-order valence-electron chi connectivity index (χ1n) is 9.28. The number of ether oxygens (including phenoxy) is 1. The lowest BCUT2D eigenvalue weighted by Gasteiger charge is -2.33. The number of fused-ring (bicyclic) bond motifs is 1. The largest absolute Gasteiger partial charge is 0.497 e. The number of methoxy groups -OCH3 is 1. The molecule has 0 bridgehead atoms. The fourth-order valence-corrected chi connectivity index (χ4v) is 4.04. The molecule has 4 rings (SSSR count). The van der Waals surface area contributed by atoms with Gasteiger partial charge in [0.25, 0.3) is 0 Å². The maximum Gasteiger partial charge on any atom is 0.240 e. The molecule has 1 saturated heterocycles. The minimum Gasteiger partial charge on any atom is -0.497 e. The number of amides is 1. The van der Waals surface area contributed by atoms with Crippen LogP contribution in [0.2, 0.25) is 0 Å². The van der Waals surface area contributed by atoms with Gasteiger partial charge >= 0.3 is 0 Å². The summed E-state index contributed by atoms with van der Waals surface area (Å²) in [5, 5.41) is 5.48. The van der Waals surface area contributed by atoms with E-state index in [1.807, 2.05) is 30.5 Å². The molecule has 0 atom stereocenters. The highest BCUT2D eigenvalue weighted by atomic mass is 32.1. The molecule has 1 amide bonds. The van der Waals surface area contributed by atoms with Crippen LogP contribution in [0.5, 0.6) is 5.75 Å². The van der Waals surface area contributed by atoms with Gasteiger partial charge in [-0.3, -0.25) is 14.6 Å². The molecule has 0 unspecified atom stereocenters. The van der Waals surface area contributed by atoms with Gasteiger partial charge < -0.3 is 15.0 Å². The Kier molecular flexibility index (Phi) is 5.56. The lowest BCUT2D eigenvalue weighted by molar-refractivity contribution is -0.117. The molecular weight excluding hydrogens is 376 g/mol. The molecule has 1 aliphatic heterocycles. The van der Waals surface area contributed by atoms with E-state index in [0.29, 0.717) is 11.7 Å². The van der Waals surface area contributed by atoms with E-state index in [4.69, 9.17) is 4.74 Å². The number of aryl methyl sites for hydroxylation is 1. The molecule has 1 fully saturated rings. The van der Waals surface area contributed by atoms with Crippen molar-refractivity contribution >= 4 is 33.4 Å². The Morgan fingerprint density at radius 1 is 1.25 bits per heavy atom. The van der Waals surface area contributed by atoms with Crippen LogP contribution in [0.15, 0.2) is 23.6 Å². The lowest BCUT2D eigenvalue weighted by Crippen LogP contribution is -2.48. The van der Waals surface area contributed by atoms with Gasteiger partial charge in [-0.1, -0.05) is 0 Å². The Morgan fingerprint density at radius 2 is 2.04 bits per heavy atom. The molecule has 2 aromatic heterocycles. The summed E-state index contributed by atoms with van der Waals surface area (Å²) in [5.74, 6) is 1.77. The molecule has 28 heavy (non-hydrogen) atoms. The second-order valence-electron chi connectivity index (χ2n) is 6.96. The van der Waals surface area contributed by atoms with Crippen LogP contribution in [0.1, 0.15) is 11.5 Å². The highest BCUT2D eigenvalue weighted by Gasteiger charge is 2.20. The Bertz CT molecular complexity index is 960. The van der Waals surface area contributed by atoms with Gasteiger partial charge in [0.2, 0.25) is 5.91 Å². The minimum absolute atomic E-state index is 0.00553. The molecule has 3 heterocycles. The fourth-order valence-electron chi connectivity index (χ4n) is 3.33. The molecule has 3 aromatic rings. The smallest absolute Gasteiger partial charge is 0.240 e.